The Balaban J connectivity index is 1.37. The molecule has 1 aromatic heterocycles. The molecule has 3 N–H and O–H groups in total. The fraction of sp³-hybridized carbons (Fsp3) is 0.139. The van der Waals surface area contributed by atoms with Gasteiger partial charge in [-0.2, -0.15) is 0 Å². The zero-order chi connectivity index (χ0) is 31.3. The Hall–Kier alpha value is -5.65. The van der Waals surface area contributed by atoms with Crippen molar-refractivity contribution in [3.8, 4) is 23.8 Å². The molecule has 1 amide bonds. The van der Waals surface area contributed by atoms with E-state index >= 15 is 0 Å². The molecular weight excluding hydrogens is 554 g/mol. The molecule has 0 aliphatic rings. The van der Waals surface area contributed by atoms with Crippen molar-refractivity contribution in [1.29, 1.82) is 0 Å². The van der Waals surface area contributed by atoms with Crippen LogP contribution in [0.1, 0.15) is 48.4 Å². The number of Topliss-reactive ketones (excluding diaryl/α,β-unsaturated/α-hetero) is 1. The summed E-state index contributed by atoms with van der Waals surface area (Å²) >= 11 is 0. The van der Waals surface area contributed by atoms with Gasteiger partial charge in [0.15, 0.2) is 5.78 Å². The third-order valence-electron chi connectivity index (χ3n) is 6.50. The lowest BCUT2D eigenvalue weighted by molar-refractivity contribution is 0.0635. The minimum Gasteiger partial charge on any atom is -0.457 e. The number of rotatable bonds is 8. The summed E-state index contributed by atoms with van der Waals surface area (Å²) in [5.74, 6) is 3.62. The van der Waals surface area contributed by atoms with Gasteiger partial charge in [-0.05, 0) is 62.7 Å². The van der Waals surface area contributed by atoms with E-state index < -0.39 is 23.6 Å². The Morgan fingerprint density at radius 3 is 2.36 bits per heavy atom. The van der Waals surface area contributed by atoms with Crippen LogP contribution in [-0.4, -0.2) is 27.6 Å². The number of aliphatic hydroxyl groups excluding tert-OH is 1. The number of fused-ring (bicyclic) bond motifs is 1. The first kappa shape index (κ1) is 29.8. The number of anilines is 3. The number of hydrogen-bond acceptors (Lipinski definition) is 7. The average Bonchev–Trinajstić information content (AvgIpc) is 3.01. The summed E-state index contributed by atoms with van der Waals surface area (Å²) in [4.78, 5) is 29.9. The van der Waals surface area contributed by atoms with Crippen LogP contribution in [-0.2, 0) is 4.74 Å². The first-order valence-electron chi connectivity index (χ1n) is 13.9. The van der Waals surface area contributed by atoms with Crippen molar-refractivity contribution >= 4 is 39.8 Å². The number of ether oxygens (including phenoxy) is 2. The van der Waals surface area contributed by atoms with Crippen molar-refractivity contribution in [3.63, 3.8) is 0 Å². The monoisotopic (exact) mass is 585 g/mol. The van der Waals surface area contributed by atoms with Crippen LogP contribution in [0.4, 0.5) is 22.0 Å². The number of benzene rings is 4. The van der Waals surface area contributed by atoms with Crippen LogP contribution >= 0.6 is 0 Å². The molecule has 0 aliphatic carbocycles. The fourth-order valence-electron chi connectivity index (χ4n) is 4.57. The molecule has 1 heterocycles. The maximum atomic E-state index is 13.1. The second-order valence-corrected chi connectivity index (χ2v) is 11.0. The number of hydrogen-bond donors (Lipinski definition) is 3. The van der Waals surface area contributed by atoms with Crippen molar-refractivity contribution in [2.45, 2.75) is 32.5 Å². The molecule has 0 fully saturated rings. The van der Waals surface area contributed by atoms with E-state index in [1.54, 1.807) is 93.7 Å². The molecule has 5 rings (SSSR count). The third kappa shape index (κ3) is 7.21. The summed E-state index contributed by atoms with van der Waals surface area (Å²) in [6.07, 6.45) is 5.39. The Morgan fingerprint density at radius 1 is 0.909 bits per heavy atom. The van der Waals surface area contributed by atoms with E-state index in [4.69, 9.17) is 15.9 Å². The maximum Gasteiger partial charge on any atom is 0.412 e. The summed E-state index contributed by atoms with van der Waals surface area (Å²) in [7, 11) is 0. The van der Waals surface area contributed by atoms with Crippen molar-refractivity contribution in [3.05, 3.63) is 120 Å². The van der Waals surface area contributed by atoms with Crippen LogP contribution < -0.4 is 15.4 Å². The molecule has 8 nitrogen and oxygen atoms in total. The van der Waals surface area contributed by atoms with E-state index in [1.807, 2.05) is 30.3 Å². The number of amides is 1. The summed E-state index contributed by atoms with van der Waals surface area (Å²) in [6.45, 7) is 5.42. The van der Waals surface area contributed by atoms with E-state index in [1.165, 1.54) is 0 Å². The van der Waals surface area contributed by atoms with E-state index in [0.29, 0.717) is 39.8 Å². The van der Waals surface area contributed by atoms with E-state index in [-0.39, 0.29) is 5.56 Å². The summed E-state index contributed by atoms with van der Waals surface area (Å²) < 4.78 is 11.7. The smallest absolute Gasteiger partial charge is 0.412 e. The zero-order valence-electron chi connectivity index (χ0n) is 24.5. The van der Waals surface area contributed by atoms with Gasteiger partial charge in [-0.15, -0.1) is 6.42 Å². The van der Waals surface area contributed by atoms with Gasteiger partial charge in [-0.3, -0.25) is 10.1 Å². The van der Waals surface area contributed by atoms with Gasteiger partial charge in [0.25, 0.3) is 0 Å². The normalized spacial score (nSPS) is 11.7. The zero-order valence-corrected chi connectivity index (χ0v) is 24.5. The largest absolute Gasteiger partial charge is 0.457 e. The Bertz CT molecular complexity index is 1870. The van der Waals surface area contributed by atoms with Crippen molar-refractivity contribution < 1.29 is 24.2 Å². The lowest BCUT2D eigenvalue weighted by atomic mass is 9.98. The van der Waals surface area contributed by atoms with Gasteiger partial charge in [0.1, 0.15) is 29.0 Å². The molecule has 1 unspecified atom stereocenters. The van der Waals surface area contributed by atoms with E-state index in [9.17, 15) is 14.7 Å². The van der Waals surface area contributed by atoms with Crippen LogP contribution in [0.15, 0.2) is 103 Å². The van der Waals surface area contributed by atoms with Crippen molar-refractivity contribution in [2.75, 3.05) is 10.6 Å². The molecule has 0 radical (unpaired) electrons. The molecule has 8 heteroatoms. The predicted molar refractivity (Wildman–Crippen MR) is 172 cm³/mol. The molecule has 5 aromatic rings. The van der Waals surface area contributed by atoms with Crippen LogP contribution in [0.5, 0.6) is 11.5 Å². The quantitative estimate of drug-likeness (QED) is 0.125. The molecule has 0 spiro atoms. The molecule has 1 atom stereocenters. The van der Waals surface area contributed by atoms with Gasteiger partial charge in [0, 0.05) is 39.8 Å². The van der Waals surface area contributed by atoms with Gasteiger partial charge < -0.3 is 19.9 Å². The number of carbonyl (C=O) groups is 2. The Labute approximate surface area is 255 Å². The third-order valence-corrected chi connectivity index (χ3v) is 6.50. The number of aromatic nitrogens is 1. The van der Waals surface area contributed by atoms with Gasteiger partial charge >= 0.3 is 6.09 Å². The summed E-state index contributed by atoms with van der Waals surface area (Å²) in [5.41, 5.74) is 1.72. The maximum absolute atomic E-state index is 13.1. The highest BCUT2D eigenvalue weighted by molar-refractivity contribution is 6.03. The number of pyridine rings is 1. The topological polar surface area (TPSA) is 110 Å². The number of terminal acetylenes is 1. The number of nitrogens with zero attached hydrogens (tertiary/aromatic N) is 1. The lowest BCUT2D eigenvalue weighted by Gasteiger charge is -2.20. The Kier molecular flexibility index (Phi) is 8.61. The van der Waals surface area contributed by atoms with Gasteiger partial charge in [-0.1, -0.05) is 60.5 Å². The number of aliphatic hydroxyl groups is 1. The SMILES string of the molecule is C#Cc1cc(Nc2cc(Oc3ccc(NC(=O)OC(C)(C)C)c4ccccc34)ccn2)cc(C(=O)C(O)c2ccccc2)c1. The van der Waals surface area contributed by atoms with Crippen LogP contribution in [0.25, 0.3) is 10.8 Å². The minimum absolute atomic E-state index is 0.262. The Morgan fingerprint density at radius 2 is 1.64 bits per heavy atom. The lowest BCUT2D eigenvalue weighted by Crippen LogP contribution is -2.27. The number of ketones is 1. The molecular formula is C36H31N3O5. The summed E-state index contributed by atoms with van der Waals surface area (Å²) in [5, 5.41) is 18.2. The molecule has 0 aliphatic heterocycles. The second-order valence-electron chi connectivity index (χ2n) is 11.0. The highest BCUT2D eigenvalue weighted by Gasteiger charge is 2.21. The predicted octanol–water partition coefficient (Wildman–Crippen LogP) is 8.02. The first-order valence-corrected chi connectivity index (χ1v) is 13.9. The minimum atomic E-state index is -1.33. The molecule has 220 valence electrons. The molecule has 0 bridgehead atoms. The molecule has 4 aromatic carbocycles. The first-order chi connectivity index (χ1) is 21.1. The second kappa shape index (κ2) is 12.7. The van der Waals surface area contributed by atoms with E-state index in [2.05, 4.69) is 21.5 Å². The van der Waals surface area contributed by atoms with Crippen molar-refractivity contribution in [1.82, 2.24) is 4.98 Å². The van der Waals surface area contributed by atoms with Gasteiger partial charge in [-0.25, -0.2) is 9.78 Å². The van der Waals surface area contributed by atoms with Crippen LogP contribution in [0.2, 0.25) is 0 Å². The fourth-order valence-corrected chi connectivity index (χ4v) is 4.57. The van der Waals surface area contributed by atoms with Gasteiger partial charge in [0.2, 0.25) is 0 Å². The van der Waals surface area contributed by atoms with Crippen LogP contribution in [0.3, 0.4) is 0 Å². The summed E-state index contributed by atoms with van der Waals surface area (Å²) in [6, 6.07) is 28.1. The standard InChI is InChI=1S/C36H31N3O5/c1-5-23-19-25(34(41)33(40)24-11-7-6-8-12-24)21-26(20-23)38-32-22-27(17-18-37-32)43-31-16-15-30(28-13-9-10-14-29(28)31)39-35(42)44-36(2,3)4/h1,6-22,33,40H,2-4H3,(H,37,38)(H,39,42). The molecule has 0 saturated carbocycles. The highest BCUT2D eigenvalue weighted by atomic mass is 16.6. The molecule has 0 saturated heterocycles. The average molecular weight is 586 g/mol. The van der Waals surface area contributed by atoms with Crippen molar-refractivity contribution in [2.24, 2.45) is 0 Å². The van der Waals surface area contributed by atoms with E-state index in [0.717, 1.165) is 10.8 Å². The van der Waals surface area contributed by atoms with Crippen LogP contribution in [0, 0.1) is 12.3 Å². The number of nitrogens with one attached hydrogen (secondary N) is 2. The number of carbonyl (C=O) groups excluding carboxylic acids is 2. The molecule has 44 heavy (non-hydrogen) atoms. The highest BCUT2D eigenvalue weighted by Crippen LogP contribution is 2.35. The van der Waals surface area contributed by atoms with Gasteiger partial charge in [0.05, 0.1) is 5.69 Å².